The number of hydrogen-bond acceptors (Lipinski definition) is 7. The van der Waals surface area contributed by atoms with Crippen LogP contribution in [0.15, 0.2) is 29.3 Å². The first-order valence-electron chi connectivity index (χ1n) is 9.19. The van der Waals surface area contributed by atoms with E-state index in [2.05, 4.69) is 9.97 Å². The highest BCUT2D eigenvalue weighted by Gasteiger charge is 2.55. The van der Waals surface area contributed by atoms with Crippen LogP contribution in [0.3, 0.4) is 0 Å². The molecule has 5 rings (SSSR count). The standard InChI is InChI=1S/C19H21N3O5S/c1-25-13-5-6-16(26-2)17(7-13)28(23,24)22-10-19(11-22)14-8-20-18(12-3-4-12)21-15(14)9-27-19/h5-8,12H,3-4,9-11H2,1-2H3. The van der Waals surface area contributed by atoms with E-state index in [9.17, 15) is 8.42 Å². The van der Waals surface area contributed by atoms with Crippen molar-refractivity contribution in [3.8, 4) is 11.5 Å². The number of benzene rings is 1. The summed E-state index contributed by atoms with van der Waals surface area (Å²) in [5, 5.41) is 0. The van der Waals surface area contributed by atoms with Gasteiger partial charge in [-0.25, -0.2) is 18.4 Å². The van der Waals surface area contributed by atoms with E-state index < -0.39 is 15.6 Å². The third-order valence-corrected chi connectivity index (χ3v) is 7.47. The molecule has 1 saturated carbocycles. The van der Waals surface area contributed by atoms with Gasteiger partial charge in [0.05, 0.1) is 26.5 Å². The molecule has 8 nitrogen and oxygen atoms in total. The lowest BCUT2D eigenvalue weighted by Crippen LogP contribution is -2.61. The quantitative estimate of drug-likeness (QED) is 0.752. The second-order valence-electron chi connectivity index (χ2n) is 7.44. The molecule has 1 aliphatic carbocycles. The Morgan fingerprint density at radius 1 is 1.21 bits per heavy atom. The molecule has 2 aromatic rings. The van der Waals surface area contributed by atoms with E-state index in [1.165, 1.54) is 24.6 Å². The SMILES string of the molecule is COc1ccc(OC)c(S(=O)(=O)N2CC3(C2)OCc2nc(C4CC4)ncc23)c1. The minimum absolute atomic E-state index is 0.0859. The van der Waals surface area contributed by atoms with Crippen molar-refractivity contribution >= 4 is 10.0 Å². The van der Waals surface area contributed by atoms with Crippen LogP contribution < -0.4 is 9.47 Å². The summed E-state index contributed by atoms with van der Waals surface area (Å²) in [4.78, 5) is 9.22. The van der Waals surface area contributed by atoms with Crippen LogP contribution in [0.4, 0.5) is 0 Å². The molecule has 9 heteroatoms. The molecular weight excluding hydrogens is 382 g/mol. The molecule has 0 radical (unpaired) electrons. The second-order valence-corrected chi connectivity index (χ2v) is 9.34. The van der Waals surface area contributed by atoms with Crippen LogP contribution in [0.1, 0.15) is 35.8 Å². The highest BCUT2D eigenvalue weighted by Crippen LogP contribution is 2.46. The zero-order valence-electron chi connectivity index (χ0n) is 15.7. The van der Waals surface area contributed by atoms with Crippen LogP contribution in [0.5, 0.6) is 11.5 Å². The number of aromatic nitrogens is 2. The van der Waals surface area contributed by atoms with Crippen molar-refractivity contribution in [1.29, 1.82) is 0 Å². The number of hydrogen-bond donors (Lipinski definition) is 0. The number of sulfonamides is 1. The summed E-state index contributed by atoms with van der Waals surface area (Å²) in [6.07, 6.45) is 4.09. The molecule has 28 heavy (non-hydrogen) atoms. The molecule has 2 aliphatic heterocycles. The van der Waals surface area contributed by atoms with Gasteiger partial charge in [-0.3, -0.25) is 0 Å². The molecule has 3 heterocycles. The van der Waals surface area contributed by atoms with Gasteiger partial charge >= 0.3 is 0 Å². The van der Waals surface area contributed by atoms with Crippen molar-refractivity contribution < 1.29 is 22.6 Å². The van der Waals surface area contributed by atoms with Crippen LogP contribution >= 0.6 is 0 Å². The molecule has 1 spiro atoms. The van der Waals surface area contributed by atoms with Crippen molar-refractivity contribution in [2.75, 3.05) is 27.3 Å². The van der Waals surface area contributed by atoms with E-state index >= 15 is 0 Å². The van der Waals surface area contributed by atoms with Crippen LogP contribution in [0.25, 0.3) is 0 Å². The van der Waals surface area contributed by atoms with Gasteiger partial charge in [0.2, 0.25) is 10.0 Å². The molecule has 0 bridgehead atoms. The molecule has 1 aromatic carbocycles. The number of fused-ring (bicyclic) bond motifs is 2. The average molecular weight is 403 g/mol. The lowest BCUT2D eigenvalue weighted by Gasteiger charge is -2.46. The van der Waals surface area contributed by atoms with E-state index in [-0.39, 0.29) is 23.7 Å². The molecule has 0 N–H and O–H groups in total. The Hall–Kier alpha value is -2.23. The fourth-order valence-electron chi connectivity index (χ4n) is 3.83. The van der Waals surface area contributed by atoms with E-state index in [1.807, 2.05) is 6.20 Å². The largest absolute Gasteiger partial charge is 0.497 e. The second kappa shape index (κ2) is 6.13. The zero-order valence-corrected chi connectivity index (χ0v) is 16.5. The average Bonchev–Trinajstić information content (AvgIpc) is 3.46. The Labute approximate surface area is 163 Å². The Morgan fingerprint density at radius 2 is 2.00 bits per heavy atom. The van der Waals surface area contributed by atoms with Gasteiger partial charge in [-0.05, 0) is 25.0 Å². The Bertz CT molecular complexity index is 1050. The minimum Gasteiger partial charge on any atom is -0.497 e. The lowest BCUT2D eigenvalue weighted by molar-refractivity contribution is -0.112. The molecule has 148 valence electrons. The van der Waals surface area contributed by atoms with Crippen LogP contribution in [0, 0.1) is 0 Å². The number of methoxy groups -OCH3 is 2. The van der Waals surface area contributed by atoms with Crippen molar-refractivity contribution in [3.63, 3.8) is 0 Å². The number of ether oxygens (including phenoxy) is 3. The normalized spacial score (nSPS) is 20.6. The topological polar surface area (TPSA) is 90.9 Å². The summed E-state index contributed by atoms with van der Waals surface area (Å²) in [6, 6.07) is 4.74. The van der Waals surface area contributed by atoms with Crippen molar-refractivity contribution in [3.05, 3.63) is 41.5 Å². The van der Waals surface area contributed by atoms with E-state index in [0.717, 1.165) is 29.9 Å². The summed E-state index contributed by atoms with van der Waals surface area (Å²) in [5.74, 6) is 2.09. The van der Waals surface area contributed by atoms with Gasteiger partial charge in [-0.1, -0.05) is 0 Å². The van der Waals surface area contributed by atoms with Gasteiger partial charge in [0.15, 0.2) is 0 Å². The number of rotatable bonds is 5. The predicted octanol–water partition coefficient (Wildman–Crippen LogP) is 1.80. The van der Waals surface area contributed by atoms with E-state index in [1.54, 1.807) is 12.1 Å². The molecule has 0 atom stereocenters. The fraction of sp³-hybridized carbons (Fsp3) is 0.474. The van der Waals surface area contributed by atoms with Gasteiger partial charge < -0.3 is 14.2 Å². The molecule has 0 amide bonds. The predicted molar refractivity (Wildman–Crippen MR) is 98.8 cm³/mol. The fourth-order valence-corrected chi connectivity index (χ4v) is 5.53. The maximum Gasteiger partial charge on any atom is 0.247 e. The first kappa shape index (κ1) is 17.8. The van der Waals surface area contributed by atoms with Crippen molar-refractivity contribution in [2.24, 2.45) is 0 Å². The molecule has 1 aromatic heterocycles. The van der Waals surface area contributed by atoms with Gasteiger partial charge in [-0.2, -0.15) is 4.31 Å². The maximum atomic E-state index is 13.2. The van der Waals surface area contributed by atoms with Gasteiger partial charge in [0.25, 0.3) is 0 Å². The molecule has 3 aliphatic rings. The van der Waals surface area contributed by atoms with Crippen LogP contribution in [-0.2, 0) is 27.0 Å². The first-order valence-corrected chi connectivity index (χ1v) is 10.6. The van der Waals surface area contributed by atoms with Gasteiger partial charge in [0, 0.05) is 36.8 Å². The third-order valence-electron chi connectivity index (χ3n) is 5.66. The van der Waals surface area contributed by atoms with E-state index in [0.29, 0.717) is 18.3 Å². The Morgan fingerprint density at radius 3 is 2.68 bits per heavy atom. The summed E-state index contributed by atoms with van der Waals surface area (Å²) >= 11 is 0. The summed E-state index contributed by atoms with van der Waals surface area (Å²) in [6.45, 7) is 0.859. The monoisotopic (exact) mass is 403 g/mol. The third kappa shape index (κ3) is 2.61. The van der Waals surface area contributed by atoms with Gasteiger partial charge in [0.1, 0.15) is 27.8 Å². The highest BCUT2D eigenvalue weighted by molar-refractivity contribution is 7.89. The Balaban J connectivity index is 1.42. The first-order chi connectivity index (χ1) is 13.5. The van der Waals surface area contributed by atoms with Crippen LogP contribution in [0.2, 0.25) is 0 Å². The van der Waals surface area contributed by atoms with Crippen molar-refractivity contribution in [1.82, 2.24) is 14.3 Å². The molecular formula is C19H21N3O5S. The minimum atomic E-state index is -3.75. The highest BCUT2D eigenvalue weighted by atomic mass is 32.2. The smallest absolute Gasteiger partial charge is 0.247 e. The zero-order chi connectivity index (χ0) is 19.5. The summed E-state index contributed by atoms with van der Waals surface area (Å²) in [5.41, 5.74) is 1.13. The van der Waals surface area contributed by atoms with Crippen LogP contribution in [-0.4, -0.2) is 50.0 Å². The van der Waals surface area contributed by atoms with E-state index in [4.69, 9.17) is 14.2 Å². The summed E-state index contributed by atoms with van der Waals surface area (Å²) in [7, 11) is -0.804. The van der Waals surface area contributed by atoms with Crippen molar-refractivity contribution in [2.45, 2.75) is 35.9 Å². The van der Waals surface area contributed by atoms with Gasteiger partial charge in [-0.15, -0.1) is 0 Å². The summed E-state index contributed by atoms with van der Waals surface area (Å²) < 4.78 is 44.2. The maximum absolute atomic E-state index is 13.2. The Kier molecular flexibility index (Phi) is 3.91. The lowest BCUT2D eigenvalue weighted by atomic mass is 9.90. The molecule has 2 fully saturated rings. The molecule has 1 saturated heterocycles. The number of nitrogens with zero attached hydrogens (tertiary/aromatic N) is 3. The molecule has 0 unspecified atom stereocenters.